The van der Waals surface area contributed by atoms with Gasteiger partial charge in [0.05, 0.1) is 6.04 Å². The average Bonchev–Trinajstić information content (AvgIpc) is 3.12. The number of amides is 1. The summed E-state index contributed by atoms with van der Waals surface area (Å²) in [5.74, 6) is 0.0502. The molecule has 0 radical (unpaired) electrons. The molecule has 5 rings (SSSR count). The van der Waals surface area contributed by atoms with Gasteiger partial charge in [0.15, 0.2) is 0 Å². The second-order valence-electron chi connectivity index (χ2n) is 7.63. The van der Waals surface area contributed by atoms with Crippen LogP contribution in [0, 0.1) is 6.92 Å². The average molecular weight is 401 g/mol. The van der Waals surface area contributed by atoms with Crippen molar-refractivity contribution < 1.29 is 4.79 Å². The summed E-state index contributed by atoms with van der Waals surface area (Å²) in [4.78, 5) is 19.0. The third kappa shape index (κ3) is 3.12. The lowest BCUT2D eigenvalue weighted by Gasteiger charge is -2.36. The van der Waals surface area contributed by atoms with Gasteiger partial charge in [0, 0.05) is 33.7 Å². The first-order chi connectivity index (χ1) is 14.1. The van der Waals surface area contributed by atoms with Gasteiger partial charge in [-0.25, -0.2) is 0 Å². The molecule has 4 heteroatoms. The van der Waals surface area contributed by atoms with Crippen LogP contribution in [-0.4, -0.2) is 22.3 Å². The quantitative estimate of drug-likeness (QED) is 0.445. The normalized spacial score (nSPS) is 16.1. The second-order valence-corrected chi connectivity index (χ2v) is 8.07. The minimum absolute atomic E-state index is 0.0502. The molecule has 1 atom stereocenters. The smallest absolute Gasteiger partial charge is 0.254 e. The van der Waals surface area contributed by atoms with Gasteiger partial charge in [-0.3, -0.25) is 4.79 Å². The van der Waals surface area contributed by atoms with Crippen LogP contribution in [0.25, 0.3) is 10.9 Å². The van der Waals surface area contributed by atoms with Crippen molar-refractivity contribution in [2.75, 3.05) is 6.54 Å². The van der Waals surface area contributed by atoms with Gasteiger partial charge >= 0.3 is 0 Å². The molecule has 144 valence electrons. The SMILES string of the molecule is Cc1ccc(C(=O)N2CCc3c([nH]c4ccccc34)C2c2ccc(Cl)cc2)cc1. The highest BCUT2D eigenvalue weighted by Gasteiger charge is 2.34. The zero-order valence-corrected chi connectivity index (χ0v) is 16.9. The first-order valence-electron chi connectivity index (χ1n) is 9.84. The highest BCUT2D eigenvalue weighted by atomic mass is 35.5. The highest BCUT2D eigenvalue weighted by molar-refractivity contribution is 6.30. The third-order valence-electron chi connectivity index (χ3n) is 5.78. The Morgan fingerprint density at radius 2 is 1.72 bits per heavy atom. The standard InChI is InChI=1S/C25H21ClN2O/c1-16-6-8-18(9-7-16)25(29)28-15-14-21-20-4-2-3-5-22(20)27-23(21)24(28)17-10-12-19(26)13-11-17/h2-13,24,27H,14-15H2,1H3. The molecule has 0 fully saturated rings. The molecule has 0 saturated carbocycles. The van der Waals surface area contributed by atoms with Crippen molar-refractivity contribution in [3.8, 4) is 0 Å². The molecule has 0 spiro atoms. The number of nitrogens with one attached hydrogen (secondary N) is 1. The van der Waals surface area contributed by atoms with E-state index in [1.54, 1.807) is 0 Å². The number of benzene rings is 3. The lowest BCUT2D eigenvalue weighted by molar-refractivity contribution is 0.0692. The van der Waals surface area contributed by atoms with Gasteiger partial charge in [-0.15, -0.1) is 0 Å². The fraction of sp³-hybridized carbons (Fsp3) is 0.160. The molecule has 29 heavy (non-hydrogen) atoms. The predicted octanol–water partition coefficient (Wildman–Crippen LogP) is 5.92. The maximum atomic E-state index is 13.5. The number of halogens is 1. The van der Waals surface area contributed by atoms with Crippen LogP contribution in [0.2, 0.25) is 5.02 Å². The van der Waals surface area contributed by atoms with Gasteiger partial charge in [-0.2, -0.15) is 0 Å². The lowest BCUT2D eigenvalue weighted by atomic mass is 9.91. The largest absolute Gasteiger partial charge is 0.356 e. The molecule has 3 aromatic carbocycles. The number of nitrogens with zero attached hydrogens (tertiary/aromatic N) is 1. The maximum absolute atomic E-state index is 13.5. The zero-order valence-electron chi connectivity index (χ0n) is 16.2. The van der Waals surface area contributed by atoms with Gasteiger partial charge in [-0.05, 0) is 54.8 Å². The molecule has 0 saturated heterocycles. The summed E-state index contributed by atoms with van der Waals surface area (Å²) in [6.45, 7) is 2.71. The molecule has 0 aliphatic carbocycles. The fourth-order valence-corrected chi connectivity index (χ4v) is 4.44. The van der Waals surface area contributed by atoms with Gasteiger partial charge in [0.25, 0.3) is 5.91 Å². The van der Waals surface area contributed by atoms with Crippen LogP contribution in [0.5, 0.6) is 0 Å². The topological polar surface area (TPSA) is 36.1 Å². The number of carbonyl (C=O) groups excluding carboxylic acids is 1. The van der Waals surface area contributed by atoms with E-state index in [0.29, 0.717) is 17.1 Å². The summed E-state index contributed by atoms with van der Waals surface area (Å²) in [5, 5.41) is 1.93. The summed E-state index contributed by atoms with van der Waals surface area (Å²) in [6, 6.07) is 23.8. The predicted molar refractivity (Wildman–Crippen MR) is 118 cm³/mol. The first-order valence-corrected chi connectivity index (χ1v) is 10.2. The van der Waals surface area contributed by atoms with Crippen molar-refractivity contribution >= 4 is 28.4 Å². The number of para-hydroxylation sites is 1. The molecular formula is C25H21ClN2O. The fourth-order valence-electron chi connectivity index (χ4n) is 4.31. The van der Waals surface area contributed by atoms with E-state index in [-0.39, 0.29) is 11.9 Å². The minimum Gasteiger partial charge on any atom is -0.356 e. The number of carbonyl (C=O) groups is 1. The lowest BCUT2D eigenvalue weighted by Crippen LogP contribution is -2.40. The van der Waals surface area contributed by atoms with Crippen molar-refractivity contribution in [1.82, 2.24) is 9.88 Å². The Kier molecular flexibility index (Phi) is 4.40. The van der Waals surface area contributed by atoms with Crippen molar-refractivity contribution in [1.29, 1.82) is 0 Å². The molecule has 1 aliphatic heterocycles. The van der Waals surface area contributed by atoms with E-state index in [1.165, 1.54) is 10.9 Å². The van der Waals surface area contributed by atoms with Gasteiger partial charge in [0.2, 0.25) is 0 Å². The third-order valence-corrected chi connectivity index (χ3v) is 6.03. The Hall–Kier alpha value is -3.04. The van der Waals surface area contributed by atoms with Crippen LogP contribution in [0.1, 0.15) is 38.8 Å². The van der Waals surface area contributed by atoms with E-state index in [2.05, 4.69) is 23.2 Å². The van der Waals surface area contributed by atoms with Gasteiger partial charge in [0.1, 0.15) is 0 Å². The Bertz CT molecular complexity index is 1190. The van der Waals surface area contributed by atoms with E-state index < -0.39 is 0 Å². The number of hydrogen-bond donors (Lipinski definition) is 1. The van der Waals surface area contributed by atoms with Crippen LogP contribution >= 0.6 is 11.6 Å². The number of rotatable bonds is 2. The zero-order chi connectivity index (χ0) is 20.0. The molecule has 2 heterocycles. The molecule has 1 aliphatic rings. The number of aromatic amines is 1. The summed E-state index contributed by atoms with van der Waals surface area (Å²) in [7, 11) is 0. The van der Waals surface area contributed by atoms with E-state index in [4.69, 9.17) is 11.6 Å². The Morgan fingerprint density at radius 3 is 2.48 bits per heavy atom. The van der Waals surface area contributed by atoms with Crippen molar-refractivity contribution in [3.05, 3.63) is 106 Å². The number of fused-ring (bicyclic) bond motifs is 3. The van der Waals surface area contributed by atoms with Crippen LogP contribution in [0.15, 0.2) is 72.8 Å². The Labute approximate surface area is 174 Å². The van der Waals surface area contributed by atoms with E-state index in [0.717, 1.165) is 28.8 Å². The van der Waals surface area contributed by atoms with Crippen LogP contribution in [0.3, 0.4) is 0 Å². The van der Waals surface area contributed by atoms with Crippen molar-refractivity contribution in [3.63, 3.8) is 0 Å². The molecule has 3 nitrogen and oxygen atoms in total. The molecule has 4 aromatic rings. The van der Waals surface area contributed by atoms with Gasteiger partial charge in [-0.1, -0.05) is 59.6 Å². The molecular weight excluding hydrogens is 380 g/mol. The number of hydrogen-bond acceptors (Lipinski definition) is 1. The van der Waals surface area contributed by atoms with Crippen molar-refractivity contribution in [2.24, 2.45) is 0 Å². The molecule has 1 amide bonds. The summed E-state index contributed by atoms with van der Waals surface area (Å²) < 4.78 is 0. The van der Waals surface area contributed by atoms with E-state index in [9.17, 15) is 4.79 Å². The second kappa shape index (κ2) is 7.09. The minimum atomic E-state index is -0.169. The highest BCUT2D eigenvalue weighted by Crippen LogP contribution is 2.39. The molecule has 1 aromatic heterocycles. The van der Waals surface area contributed by atoms with Crippen LogP contribution in [0.4, 0.5) is 0 Å². The van der Waals surface area contributed by atoms with Crippen LogP contribution < -0.4 is 0 Å². The molecule has 1 unspecified atom stereocenters. The Balaban J connectivity index is 1.65. The van der Waals surface area contributed by atoms with Gasteiger partial charge < -0.3 is 9.88 Å². The molecule has 1 N–H and O–H groups in total. The first kappa shape index (κ1) is 18.0. The molecule has 0 bridgehead atoms. The van der Waals surface area contributed by atoms with E-state index >= 15 is 0 Å². The number of aryl methyl sites for hydroxylation is 1. The van der Waals surface area contributed by atoms with Crippen molar-refractivity contribution in [2.45, 2.75) is 19.4 Å². The number of aromatic nitrogens is 1. The summed E-state index contributed by atoms with van der Waals surface area (Å²) >= 11 is 6.14. The van der Waals surface area contributed by atoms with E-state index in [1.807, 2.05) is 66.4 Å². The summed E-state index contributed by atoms with van der Waals surface area (Å²) in [6.07, 6.45) is 0.834. The monoisotopic (exact) mass is 400 g/mol. The number of H-pyrrole nitrogens is 1. The summed E-state index contributed by atoms with van der Waals surface area (Å²) in [5.41, 5.74) is 6.43. The Morgan fingerprint density at radius 1 is 1.00 bits per heavy atom. The van der Waals surface area contributed by atoms with Crippen LogP contribution in [-0.2, 0) is 6.42 Å². The maximum Gasteiger partial charge on any atom is 0.254 e.